The van der Waals surface area contributed by atoms with Crippen LogP contribution in [0.5, 0.6) is 11.5 Å². The van der Waals surface area contributed by atoms with E-state index in [1.54, 1.807) is 25.2 Å². The summed E-state index contributed by atoms with van der Waals surface area (Å²) < 4.78 is 10.8. The molecule has 100 valence electrons. The van der Waals surface area contributed by atoms with E-state index in [1.807, 2.05) is 13.8 Å². The molecular formula is C13H19NO4. The zero-order valence-corrected chi connectivity index (χ0v) is 11.4. The van der Waals surface area contributed by atoms with Crippen LogP contribution in [-0.4, -0.2) is 38.3 Å². The second-order valence-electron chi connectivity index (χ2n) is 4.02. The molecule has 1 rings (SSSR count). The summed E-state index contributed by atoms with van der Waals surface area (Å²) in [5.74, 6) is 0.898. The van der Waals surface area contributed by atoms with Gasteiger partial charge in [0.05, 0.1) is 20.3 Å². The summed E-state index contributed by atoms with van der Waals surface area (Å²) in [6.07, 6.45) is 0.0436. The molecule has 0 heterocycles. The summed E-state index contributed by atoms with van der Waals surface area (Å²) in [4.78, 5) is 16.7. The maximum atomic E-state index is 11.9. The summed E-state index contributed by atoms with van der Waals surface area (Å²) >= 11 is 0. The molecule has 0 bridgehead atoms. The lowest BCUT2D eigenvalue weighted by molar-refractivity contribution is -0.0757. The monoisotopic (exact) mass is 253 g/mol. The quantitative estimate of drug-likeness (QED) is 0.754. The van der Waals surface area contributed by atoms with Gasteiger partial charge < -0.3 is 9.47 Å². The zero-order valence-electron chi connectivity index (χ0n) is 11.4. The van der Waals surface area contributed by atoms with Crippen molar-refractivity contribution in [3.05, 3.63) is 23.8 Å². The van der Waals surface area contributed by atoms with Gasteiger partial charge in [0.15, 0.2) is 11.5 Å². The van der Waals surface area contributed by atoms with E-state index in [0.29, 0.717) is 17.1 Å². The first-order chi connectivity index (χ1) is 8.49. The summed E-state index contributed by atoms with van der Waals surface area (Å²) in [6, 6.07) is 5.03. The van der Waals surface area contributed by atoms with Crippen molar-refractivity contribution in [3.8, 4) is 11.5 Å². The van der Waals surface area contributed by atoms with Crippen molar-refractivity contribution >= 4 is 5.91 Å². The Bertz CT molecular complexity index is 417. The third-order valence-corrected chi connectivity index (χ3v) is 2.33. The van der Waals surface area contributed by atoms with Gasteiger partial charge in [-0.15, -0.1) is 0 Å². The van der Waals surface area contributed by atoms with E-state index in [4.69, 9.17) is 14.3 Å². The Balaban J connectivity index is 3.01. The number of hydroxylamine groups is 2. The van der Waals surface area contributed by atoms with Crippen molar-refractivity contribution in [1.82, 2.24) is 5.06 Å². The highest BCUT2D eigenvalue weighted by atomic mass is 16.7. The maximum Gasteiger partial charge on any atom is 0.277 e. The third kappa shape index (κ3) is 3.37. The molecule has 0 saturated heterocycles. The van der Waals surface area contributed by atoms with Crippen molar-refractivity contribution in [3.63, 3.8) is 0 Å². The number of carbonyl (C=O) groups excluding carboxylic acids is 1. The molecule has 0 spiro atoms. The van der Waals surface area contributed by atoms with E-state index in [-0.39, 0.29) is 12.0 Å². The molecular weight excluding hydrogens is 234 g/mol. The minimum absolute atomic E-state index is 0.0436. The third-order valence-electron chi connectivity index (χ3n) is 2.33. The second-order valence-corrected chi connectivity index (χ2v) is 4.02. The fourth-order valence-corrected chi connectivity index (χ4v) is 1.42. The number of ether oxygens (including phenoxy) is 2. The SMILES string of the molecule is COc1cc(C(=O)N(C)OC)ccc1OC(C)C. The number of amides is 1. The van der Waals surface area contributed by atoms with Gasteiger partial charge in [-0.2, -0.15) is 0 Å². The van der Waals surface area contributed by atoms with Gasteiger partial charge in [0.2, 0.25) is 0 Å². The lowest BCUT2D eigenvalue weighted by Gasteiger charge is -2.16. The van der Waals surface area contributed by atoms with Gasteiger partial charge in [0.25, 0.3) is 5.91 Å². The van der Waals surface area contributed by atoms with Crippen LogP contribution in [0, 0.1) is 0 Å². The first kappa shape index (κ1) is 14.3. The molecule has 0 saturated carbocycles. The van der Waals surface area contributed by atoms with Crippen molar-refractivity contribution in [2.24, 2.45) is 0 Å². The topological polar surface area (TPSA) is 48.0 Å². The molecule has 0 atom stereocenters. The smallest absolute Gasteiger partial charge is 0.277 e. The van der Waals surface area contributed by atoms with Crippen LogP contribution in [0.3, 0.4) is 0 Å². The molecule has 5 heteroatoms. The number of benzene rings is 1. The molecule has 1 amide bonds. The molecule has 0 aliphatic heterocycles. The standard InChI is InChI=1S/C13H19NO4/c1-9(2)18-11-7-6-10(8-12(11)16-4)13(15)14(3)17-5/h6-9H,1-5H3. The average molecular weight is 253 g/mol. The Kier molecular flexibility index (Phi) is 4.97. The Morgan fingerprint density at radius 3 is 2.39 bits per heavy atom. The molecule has 0 aliphatic carbocycles. The van der Waals surface area contributed by atoms with Gasteiger partial charge in [0, 0.05) is 12.6 Å². The molecule has 0 N–H and O–H groups in total. The van der Waals surface area contributed by atoms with Crippen LogP contribution in [-0.2, 0) is 4.84 Å². The van der Waals surface area contributed by atoms with Crippen LogP contribution in [0.2, 0.25) is 0 Å². The van der Waals surface area contributed by atoms with Crippen LogP contribution in [0.4, 0.5) is 0 Å². The van der Waals surface area contributed by atoms with E-state index in [0.717, 1.165) is 5.06 Å². The highest BCUT2D eigenvalue weighted by molar-refractivity contribution is 5.94. The van der Waals surface area contributed by atoms with Gasteiger partial charge in [0.1, 0.15) is 0 Å². The number of hydrogen-bond donors (Lipinski definition) is 0. The molecule has 18 heavy (non-hydrogen) atoms. The average Bonchev–Trinajstić information content (AvgIpc) is 2.36. The lowest BCUT2D eigenvalue weighted by atomic mass is 10.2. The molecule has 5 nitrogen and oxygen atoms in total. The van der Waals surface area contributed by atoms with Crippen LogP contribution in [0.25, 0.3) is 0 Å². The summed E-state index contributed by atoms with van der Waals surface area (Å²) in [7, 11) is 4.52. The minimum atomic E-state index is -0.244. The zero-order chi connectivity index (χ0) is 13.7. The van der Waals surface area contributed by atoms with Gasteiger partial charge in [-0.3, -0.25) is 9.63 Å². The number of hydrogen-bond acceptors (Lipinski definition) is 4. The maximum absolute atomic E-state index is 11.9. The Morgan fingerprint density at radius 2 is 1.89 bits per heavy atom. The Hall–Kier alpha value is -1.75. The van der Waals surface area contributed by atoms with E-state index in [9.17, 15) is 4.79 Å². The fourth-order valence-electron chi connectivity index (χ4n) is 1.42. The molecule has 1 aromatic carbocycles. The van der Waals surface area contributed by atoms with Gasteiger partial charge in [-0.05, 0) is 32.0 Å². The summed E-state index contributed by atoms with van der Waals surface area (Å²) in [5, 5.41) is 1.15. The first-order valence-electron chi connectivity index (χ1n) is 5.66. The van der Waals surface area contributed by atoms with Crippen molar-refractivity contribution in [2.45, 2.75) is 20.0 Å². The Morgan fingerprint density at radius 1 is 1.22 bits per heavy atom. The highest BCUT2D eigenvalue weighted by Gasteiger charge is 2.15. The number of rotatable bonds is 5. The molecule has 0 fully saturated rings. The highest BCUT2D eigenvalue weighted by Crippen LogP contribution is 2.29. The Labute approximate surface area is 107 Å². The predicted octanol–water partition coefficient (Wildman–Crippen LogP) is 2.12. The van der Waals surface area contributed by atoms with Crippen LogP contribution >= 0.6 is 0 Å². The minimum Gasteiger partial charge on any atom is -0.493 e. The van der Waals surface area contributed by atoms with Crippen molar-refractivity contribution in [1.29, 1.82) is 0 Å². The summed E-state index contributed by atoms with van der Waals surface area (Å²) in [6.45, 7) is 3.86. The number of nitrogens with zero attached hydrogens (tertiary/aromatic N) is 1. The largest absolute Gasteiger partial charge is 0.493 e. The van der Waals surface area contributed by atoms with Crippen LogP contribution in [0.15, 0.2) is 18.2 Å². The van der Waals surface area contributed by atoms with E-state index in [1.165, 1.54) is 14.2 Å². The van der Waals surface area contributed by atoms with Gasteiger partial charge in [-0.25, -0.2) is 5.06 Å². The lowest BCUT2D eigenvalue weighted by Crippen LogP contribution is -2.25. The van der Waals surface area contributed by atoms with Crippen LogP contribution < -0.4 is 9.47 Å². The van der Waals surface area contributed by atoms with E-state index < -0.39 is 0 Å². The van der Waals surface area contributed by atoms with Crippen molar-refractivity contribution in [2.75, 3.05) is 21.3 Å². The number of methoxy groups -OCH3 is 1. The molecule has 0 aliphatic rings. The number of carbonyl (C=O) groups is 1. The van der Waals surface area contributed by atoms with Gasteiger partial charge >= 0.3 is 0 Å². The predicted molar refractivity (Wildman–Crippen MR) is 67.9 cm³/mol. The molecule has 0 unspecified atom stereocenters. The van der Waals surface area contributed by atoms with Gasteiger partial charge in [-0.1, -0.05) is 0 Å². The normalized spacial score (nSPS) is 10.3. The molecule has 1 aromatic rings. The van der Waals surface area contributed by atoms with E-state index >= 15 is 0 Å². The molecule has 0 radical (unpaired) electrons. The molecule has 0 aromatic heterocycles. The van der Waals surface area contributed by atoms with Crippen LogP contribution in [0.1, 0.15) is 24.2 Å². The van der Waals surface area contributed by atoms with Crippen molar-refractivity contribution < 1.29 is 19.1 Å². The summed E-state index contributed by atoms with van der Waals surface area (Å²) in [5.41, 5.74) is 0.479. The second kappa shape index (κ2) is 6.26. The first-order valence-corrected chi connectivity index (χ1v) is 5.66. The fraction of sp³-hybridized carbons (Fsp3) is 0.462. The van der Waals surface area contributed by atoms with E-state index in [2.05, 4.69) is 0 Å².